The van der Waals surface area contributed by atoms with Crippen molar-refractivity contribution in [2.24, 2.45) is 5.92 Å². The van der Waals surface area contributed by atoms with Crippen molar-refractivity contribution in [2.45, 2.75) is 64.0 Å². The fourth-order valence-electron chi connectivity index (χ4n) is 5.56. The lowest BCUT2D eigenvalue weighted by atomic mass is 9.89. The highest BCUT2D eigenvalue weighted by Gasteiger charge is 2.36. The molecule has 9 heteroatoms. The molecule has 1 N–H and O–H groups in total. The molecule has 4 rings (SSSR count). The number of likely N-dealkylation sites (N-methyl/N-ethyl adjacent to an activating group) is 1. The van der Waals surface area contributed by atoms with Gasteiger partial charge in [-0.05, 0) is 54.7 Å². The van der Waals surface area contributed by atoms with E-state index in [0.717, 1.165) is 22.3 Å². The Labute approximate surface area is 290 Å². The number of carbonyl (C=O) groups is 4. The number of hydrogen-bond acceptors (Lipinski definition) is 6. The van der Waals surface area contributed by atoms with Gasteiger partial charge in [0.2, 0.25) is 14.2 Å². The fraction of sp³-hybridized carbons (Fsp3) is 0.300. The van der Waals surface area contributed by atoms with Crippen LogP contribution in [0.5, 0.6) is 0 Å². The van der Waals surface area contributed by atoms with Crippen molar-refractivity contribution < 1.29 is 28.3 Å². The zero-order chi connectivity index (χ0) is 35.2. The number of amides is 2. The smallest absolute Gasteiger partial charge is 0.408 e. The van der Waals surface area contributed by atoms with E-state index in [1.165, 1.54) is 4.90 Å². The maximum Gasteiger partial charge on any atom is 0.408 e. The Morgan fingerprint density at radius 3 is 1.59 bits per heavy atom. The van der Waals surface area contributed by atoms with Crippen molar-refractivity contribution in [3.8, 4) is 0 Å². The molecule has 0 heterocycles. The molecular weight excluding hydrogens is 633 g/mol. The van der Waals surface area contributed by atoms with Crippen LogP contribution < -0.4 is 5.32 Å². The van der Waals surface area contributed by atoms with Gasteiger partial charge in [-0.15, -0.1) is 0 Å². The standard InChI is InChI=1S/C40H46N2O6Si/c1-42(36(39(45)48-49(2,3)4)27-32-21-13-7-14-22-32)38(44)34(25-30-17-9-5-10-18-30)28-37(43)35(26-31-19-11-6-12-20-31)41-40(46)47-29-33-23-15-8-16-24-33/h5-24,34-36H,25-29H2,1-4H3,(H,41,46)/t34-,35+,36+/m1/s1. The third-order valence-corrected chi connectivity index (χ3v) is 8.88. The summed E-state index contributed by atoms with van der Waals surface area (Å²) >= 11 is 0. The minimum Gasteiger partial charge on any atom is -0.518 e. The average Bonchev–Trinajstić information content (AvgIpc) is 3.09. The van der Waals surface area contributed by atoms with Gasteiger partial charge < -0.3 is 19.4 Å². The number of Topliss-reactive ketones (excluding diaryl/α,β-unsaturated/α-hetero) is 1. The number of hydrogen-bond donors (Lipinski definition) is 1. The first-order valence-electron chi connectivity index (χ1n) is 16.6. The molecule has 256 valence electrons. The third kappa shape index (κ3) is 12.2. The first kappa shape index (κ1) is 36.8. The second-order valence-electron chi connectivity index (χ2n) is 13.2. The molecule has 2 amide bonds. The number of carbonyl (C=O) groups excluding carboxylic acids is 4. The number of alkyl carbamates (subject to hydrolysis) is 1. The summed E-state index contributed by atoms with van der Waals surface area (Å²) in [6.45, 7) is 5.82. The molecule has 49 heavy (non-hydrogen) atoms. The van der Waals surface area contributed by atoms with Crippen LogP contribution in [-0.4, -0.2) is 56.1 Å². The minimum atomic E-state index is -2.29. The lowest BCUT2D eigenvalue weighted by molar-refractivity contribution is -0.149. The van der Waals surface area contributed by atoms with Gasteiger partial charge in [0, 0.05) is 25.8 Å². The molecule has 0 aliphatic rings. The number of nitrogens with zero attached hydrogens (tertiary/aromatic N) is 1. The van der Waals surface area contributed by atoms with Gasteiger partial charge in [-0.1, -0.05) is 121 Å². The molecular formula is C40H46N2O6Si. The largest absolute Gasteiger partial charge is 0.518 e. The molecule has 0 aliphatic carbocycles. The molecule has 4 aromatic rings. The van der Waals surface area contributed by atoms with E-state index >= 15 is 0 Å². The summed E-state index contributed by atoms with van der Waals surface area (Å²) in [5, 5.41) is 2.77. The van der Waals surface area contributed by atoms with Crippen molar-refractivity contribution in [2.75, 3.05) is 7.05 Å². The molecule has 3 atom stereocenters. The van der Waals surface area contributed by atoms with Crippen LogP contribution in [-0.2, 0) is 49.4 Å². The van der Waals surface area contributed by atoms with E-state index in [4.69, 9.17) is 9.16 Å². The van der Waals surface area contributed by atoms with Crippen LogP contribution in [0.4, 0.5) is 4.79 Å². The molecule has 0 spiro atoms. The first-order valence-corrected chi connectivity index (χ1v) is 20.0. The van der Waals surface area contributed by atoms with E-state index in [9.17, 15) is 19.2 Å². The Bertz CT molecular complexity index is 1650. The normalized spacial score (nSPS) is 13.0. The van der Waals surface area contributed by atoms with Crippen LogP contribution in [0.3, 0.4) is 0 Å². The van der Waals surface area contributed by atoms with Crippen LogP contribution in [0.15, 0.2) is 121 Å². The molecule has 0 unspecified atom stereocenters. The molecule has 0 saturated heterocycles. The van der Waals surface area contributed by atoms with E-state index < -0.39 is 38.4 Å². The van der Waals surface area contributed by atoms with E-state index in [1.807, 2.05) is 141 Å². The van der Waals surface area contributed by atoms with Crippen molar-refractivity contribution >= 4 is 32.1 Å². The second kappa shape index (κ2) is 17.9. The number of ether oxygens (including phenoxy) is 1. The summed E-state index contributed by atoms with van der Waals surface area (Å²) in [6, 6.07) is 35.8. The van der Waals surface area contributed by atoms with Gasteiger partial charge in [0.05, 0.1) is 6.04 Å². The maximum atomic E-state index is 14.4. The van der Waals surface area contributed by atoms with Crippen molar-refractivity contribution in [1.29, 1.82) is 0 Å². The van der Waals surface area contributed by atoms with Crippen LogP contribution in [0.1, 0.15) is 28.7 Å². The summed E-state index contributed by atoms with van der Waals surface area (Å²) in [5.74, 6) is -1.94. The van der Waals surface area contributed by atoms with Gasteiger partial charge in [-0.25, -0.2) is 4.79 Å². The number of rotatable bonds is 16. The summed E-state index contributed by atoms with van der Waals surface area (Å²) in [7, 11) is -0.684. The Hall–Kier alpha value is -5.02. The summed E-state index contributed by atoms with van der Waals surface area (Å²) in [5.41, 5.74) is 3.43. The lowest BCUT2D eigenvalue weighted by Gasteiger charge is -2.32. The number of nitrogens with one attached hydrogen (secondary N) is 1. The van der Waals surface area contributed by atoms with Gasteiger partial charge >= 0.3 is 12.1 Å². The van der Waals surface area contributed by atoms with Crippen molar-refractivity contribution in [3.05, 3.63) is 144 Å². The molecule has 0 bridgehead atoms. The Balaban J connectivity index is 1.59. The van der Waals surface area contributed by atoms with Crippen LogP contribution >= 0.6 is 0 Å². The number of ketones is 1. The highest BCUT2D eigenvalue weighted by Crippen LogP contribution is 2.22. The van der Waals surface area contributed by atoms with Crippen molar-refractivity contribution in [1.82, 2.24) is 10.2 Å². The topological polar surface area (TPSA) is 102 Å². The van der Waals surface area contributed by atoms with Crippen LogP contribution in [0.2, 0.25) is 19.6 Å². The fourth-order valence-corrected chi connectivity index (χ4v) is 6.30. The Morgan fingerprint density at radius 2 is 1.10 bits per heavy atom. The third-order valence-electron chi connectivity index (χ3n) is 8.06. The highest BCUT2D eigenvalue weighted by atomic mass is 28.4. The quantitative estimate of drug-likeness (QED) is 0.131. The van der Waals surface area contributed by atoms with E-state index in [1.54, 1.807) is 7.05 Å². The van der Waals surface area contributed by atoms with Gasteiger partial charge in [0.25, 0.3) is 0 Å². The molecule has 0 fully saturated rings. The highest BCUT2D eigenvalue weighted by molar-refractivity contribution is 6.71. The zero-order valence-corrected chi connectivity index (χ0v) is 29.7. The van der Waals surface area contributed by atoms with Gasteiger partial charge in [0.15, 0.2) is 5.78 Å². The Kier molecular flexibility index (Phi) is 13.5. The summed E-state index contributed by atoms with van der Waals surface area (Å²) < 4.78 is 11.4. The second-order valence-corrected chi connectivity index (χ2v) is 17.6. The predicted octanol–water partition coefficient (Wildman–Crippen LogP) is 6.79. The Morgan fingerprint density at radius 1 is 0.653 bits per heavy atom. The molecule has 8 nitrogen and oxygen atoms in total. The van der Waals surface area contributed by atoms with Crippen LogP contribution in [0.25, 0.3) is 0 Å². The first-order chi connectivity index (χ1) is 23.5. The van der Waals surface area contributed by atoms with Gasteiger partial charge in [-0.2, -0.15) is 0 Å². The van der Waals surface area contributed by atoms with E-state index in [0.29, 0.717) is 0 Å². The van der Waals surface area contributed by atoms with Crippen LogP contribution in [0, 0.1) is 5.92 Å². The predicted molar refractivity (Wildman–Crippen MR) is 193 cm³/mol. The number of benzene rings is 4. The maximum absolute atomic E-state index is 14.4. The molecule has 0 aliphatic heterocycles. The van der Waals surface area contributed by atoms with Gasteiger partial charge in [-0.3, -0.25) is 14.4 Å². The molecule has 0 aromatic heterocycles. The van der Waals surface area contributed by atoms with E-state index in [2.05, 4.69) is 5.32 Å². The average molecular weight is 679 g/mol. The minimum absolute atomic E-state index is 0.0508. The van der Waals surface area contributed by atoms with Gasteiger partial charge in [0.1, 0.15) is 12.6 Å². The SMILES string of the molecule is CN(C(=O)[C@@H](CC(=O)[C@H](Cc1ccccc1)NC(=O)OCc1ccccc1)Cc1ccccc1)[C@@H](Cc1ccccc1)C(=O)O[Si](C)(C)C. The monoisotopic (exact) mass is 678 g/mol. The molecule has 0 saturated carbocycles. The summed E-state index contributed by atoms with van der Waals surface area (Å²) in [6.07, 6.45) is -0.118. The summed E-state index contributed by atoms with van der Waals surface area (Å²) in [4.78, 5) is 56.6. The zero-order valence-electron chi connectivity index (χ0n) is 28.7. The lowest BCUT2D eigenvalue weighted by Crippen LogP contribution is -2.50. The van der Waals surface area contributed by atoms with E-state index in [-0.39, 0.29) is 44.0 Å². The van der Waals surface area contributed by atoms with Crippen molar-refractivity contribution in [3.63, 3.8) is 0 Å². The molecule has 4 aromatic carbocycles. The molecule has 0 radical (unpaired) electrons.